The van der Waals surface area contributed by atoms with Gasteiger partial charge < -0.3 is 14.4 Å². The lowest BCUT2D eigenvalue weighted by molar-refractivity contribution is -0.146. The zero-order valence-corrected chi connectivity index (χ0v) is 14.1. The molecule has 0 saturated carbocycles. The van der Waals surface area contributed by atoms with Crippen LogP contribution in [0.5, 0.6) is 11.8 Å². The fourth-order valence-corrected chi connectivity index (χ4v) is 2.78. The van der Waals surface area contributed by atoms with Crippen molar-refractivity contribution in [3.63, 3.8) is 0 Å². The van der Waals surface area contributed by atoms with Gasteiger partial charge in [0.25, 0.3) is 5.82 Å². The summed E-state index contributed by atoms with van der Waals surface area (Å²) in [7, 11) is 1.51. The second-order valence-corrected chi connectivity index (χ2v) is 5.86. The molecule has 0 amide bonds. The fraction of sp³-hybridized carbons (Fsp3) is 0.400. The number of aromatic nitrogens is 6. The summed E-state index contributed by atoms with van der Waals surface area (Å²) in [5.41, 5.74) is 0.0321. The molecule has 0 N–H and O–H groups in total. The summed E-state index contributed by atoms with van der Waals surface area (Å²) in [6, 6.07) is 3.27. The maximum absolute atomic E-state index is 13.0. The third-order valence-electron chi connectivity index (χ3n) is 4.08. The van der Waals surface area contributed by atoms with Crippen LogP contribution in [0.25, 0.3) is 5.65 Å². The SMILES string of the molecule is COc1cnc(OC2CCN(c3ccc4nnc(C(F)(F)F)n4n3)C2)nc1. The standard InChI is InChI=1S/C15H14F3N7O2/c1-26-10-6-19-14(20-7-10)27-9-4-5-24(8-9)12-3-2-11-21-22-13(15(16,17)18)25(11)23-12/h2-3,6-7,9H,4-5,8H2,1H3. The molecule has 0 aliphatic carbocycles. The molecule has 0 bridgehead atoms. The minimum absolute atomic E-state index is 0.0321. The minimum Gasteiger partial charge on any atom is -0.494 e. The van der Waals surface area contributed by atoms with Gasteiger partial charge in [-0.3, -0.25) is 0 Å². The average Bonchev–Trinajstić information content (AvgIpc) is 3.28. The number of alkyl halides is 3. The first-order chi connectivity index (χ1) is 12.9. The van der Waals surface area contributed by atoms with E-state index in [1.165, 1.54) is 25.6 Å². The largest absolute Gasteiger partial charge is 0.494 e. The second-order valence-electron chi connectivity index (χ2n) is 5.86. The van der Waals surface area contributed by atoms with Crippen LogP contribution in [0.15, 0.2) is 24.5 Å². The van der Waals surface area contributed by atoms with E-state index in [-0.39, 0.29) is 17.8 Å². The molecule has 1 saturated heterocycles. The molecule has 3 aromatic rings. The highest BCUT2D eigenvalue weighted by atomic mass is 19.4. The van der Waals surface area contributed by atoms with Crippen LogP contribution in [0.4, 0.5) is 19.0 Å². The van der Waals surface area contributed by atoms with Crippen LogP contribution < -0.4 is 14.4 Å². The first-order valence-corrected chi connectivity index (χ1v) is 8.01. The van der Waals surface area contributed by atoms with Gasteiger partial charge in [-0.05, 0) is 12.1 Å². The van der Waals surface area contributed by atoms with E-state index in [0.717, 1.165) is 0 Å². The van der Waals surface area contributed by atoms with Crippen LogP contribution in [-0.2, 0) is 6.18 Å². The van der Waals surface area contributed by atoms with Crippen LogP contribution in [-0.4, -0.2) is 56.1 Å². The summed E-state index contributed by atoms with van der Waals surface area (Å²) in [6.07, 6.45) is -1.19. The van der Waals surface area contributed by atoms with Gasteiger partial charge in [0.1, 0.15) is 11.9 Å². The Morgan fingerprint density at radius 2 is 1.93 bits per heavy atom. The van der Waals surface area contributed by atoms with Crippen molar-refractivity contribution in [3.8, 4) is 11.8 Å². The molecule has 1 unspecified atom stereocenters. The third kappa shape index (κ3) is 3.41. The minimum atomic E-state index is -4.63. The Morgan fingerprint density at radius 3 is 2.63 bits per heavy atom. The summed E-state index contributed by atoms with van der Waals surface area (Å²) in [5, 5.41) is 10.7. The quantitative estimate of drug-likeness (QED) is 0.673. The topological polar surface area (TPSA) is 90.6 Å². The van der Waals surface area contributed by atoms with E-state index in [1.54, 1.807) is 6.07 Å². The first-order valence-electron chi connectivity index (χ1n) is 8.01. The number of methoxy groups -OCH3 is 1. The molecule has 1 aliphatic heterocycles. The highest BCUT2D eigenvalue weighted by molar-refractivity contribution is 5.46. The molecule has 1 fully saturated rings. The molecule has 4 rings (SSSR count). The molecule has 142 valence electrons. The van der Waals surface area contributed by atoms with E-state index < -0.39 is 12.0 Å². The Balaban J connectivity index is 1.49. The molecule has 0 aromatic carbocycles. The second kappa shape index (κ2) is 6.52. The Morgan fingerprint density at radius 1 is 1.15 bits per heavy atom. The average molecular weight is 381 g/mol. The Hall–Kier alpha value is -3.18. The molecular weight excluding hydrogens is 367 g/mol. The highest BCUT2D eigenvalue weighted by Gasteiger charge is 2.38. The number of nitrogens with zero attached hydrogens (tertiary/aromatic N) is 7. The van der Waals surface area contributed by atoms with Gasteiger partial charge in [-0.15, -0.1) is 15.3 Å². The molecule has 9 nitrogen and oxygen atoms in total. The molecule has 0 spiro atoms. The number of hydrogen-bond donors (Lipinski definition) is 0. The number of anilines is 1. The van der Waals surface area contributed by atoms with Gasteiger partial charge in [0.05, 0.1) is 26.0 Å². The van der Waals surface area contributed by atoms with Gasteiger partial charge in [0.15, 0.2) is 11.4 Å². The summed E-state index contributed by atoms with van der Waals surface area (Å²) in [6.45, 7) is 1.01. The fourth-order valence-electron chi connectivity index (χ4n) is 2.78. The maximum atomic E-state index is 13.0. The zero-order chi connectivity index (χ0) is 19.0. The molecule has 27 heavy (non-hydrogen) atoms. The van der Waals surface area contributed by atoms with Gasteiger partial charge in [-0.1, -0.05) is 0 Å². The van der Waals surface area contributed by atoms with E-state index in [4.69, 9.17) is 9.47 Å². The van der Waals surface area contributed by atoms with E-state index in [0.29, 0.717) is 35.6 Å². The van der Waals surface area contributed by atoms with Gasteiger partial charge in [-0.25, -0.2) is 0 Å². The molecule has 4 heterocycles. The molecule has 3 aromatic heterocycles. The number of fused-ring (bicyclic) bond motifs is 1. The van der Waals surface area contributed by atoms with Gasteiger partial charge >= 0.3 is 12.2 Å². The van der Waals surface area contributed by atoms with Gasteiger partial charge in [-0.2, -0.15) is 27.7 Å². The predicted octanol–water partition coefficient (Wildman–Crippen LogP) is 1.60. The van der Waals surface area contributed by atoms with Crippen molar-refractivity contribution in [1.29, 1.82) is 0 Å². The van der Waals surface area contributed by atoms with E-state index in [1.807, 2.05) is 4.90 Å². The Kier molecular flexibility index (Phi) is 4.16. The smallest absolute Gasteiger partial charge is 0.453 e. The van der Waals surface area contributed by atoms with E-state index in [9.17, 15) is 13.2 Å². The van der Waals surface area contributed by atoms with Crippen molar-refractivity contribution in [3.05, 3.63) is 30.4 Å². The van der Waals surface area contributed by atoms with Crippen molar-refractivity contribution >= 4 is 11.5 Å². The van der Waals surface area contributed by atoms with Crippen LogP contribution in [0.1, 0.15) is 12.2 Å². The highest BCUT2D eigenvalue weighted by Crippen LogP contribution is 2.28. The first kappa shape index (κ1) is 17.2. The van der Waals surface area contributed by atoms with Gasteiger partial charge in [0.2, 0.25) is 0 Å². The van der Waals surface area contributed by atoms with Crippen molar-refractivity contribution < 1.29 is 22.6 Å². The molecule has 1 aliphatic rings. The summed E-state index contributed by atoms with van der Waals surface area (Å²) < 4.78 is 50.4. The third-order valence-corrected chi connectivity index (χ3v) is 4.08. The van der Waals surface area contributed by atoms with Crippen molar-refractivity contribution in [1.82, 2.24) is 29.8 Å². The van der Waals surface area contributed by atoms with Crippen molar-refractivity contribution in [2.45, 2.75) is 18.7 Å². The van der Waals surface area contributed by atoms with Crippen LogP contribution in [0, 0.1) is 0 Å². The lowest BCUT2D eigenvalue weighted by atomic mass is 10.3. The number of rotatable bonds is 4. The van der Waals surface area contributed by atoms with Crippen LogP contribution in [0.2, 0.25) is 0 Å². The number of ether oxygens (including phenoxy) is 2. The lowest BCUT2D eigenvalue weighted by Gasteiger charge is -2.17. The van der Waals surface area contributed by atoms with Crippen LogP contribution >= 0.6 is 0 Å². The van der Waals surface area contributed by atoms with Crippen molar-refractivity contribution in [2.75, 3.05) is 25.1 Å². The number of halogens is 3. The van der Waals surface area contributed by atoms with Crippen LogP contribution in [0.3, 0.4) is 0 Å². The predicted molar refractivity (Wildman–Crippen MR) is 85.6 cm³/mol. The molecule has 1 atom stereocenters. The summed E-state index contributed by atoms with van der Waals surface area (Å²) in [4.78, 5) is 9.92. The zero-order valence-electron chi connectivity index (χ0n) is 14.1. The van der Waals surface area contributed by atoms with E-state index >= 15 is 0 Å². The molecule has 0 radical (unpaired) electrons. The number of hydrogen-bond acceptors (Lipinski definition) is 8. The summed E-state index contributed by atoms with van der Waals surface area (Å²) in [5.74, 6) is -0.255. The Bertz CT molecular complexity index is 945. The van der Waals surface area contributed by atoms with Gasteiger partial charge in [0, 0.05) is 13.0 Å². The summed E-state index contributed by atoms with van der Waals surface area (Å²) >= 11 is 0. The van der Waals surface area contributed by atoms with E-state index in [2.05, 4.69) is 25.3 Å². The lowest BCUT2D eigenvalue weighted by Crippen LogP contribution is -2.26. The normalized spacial score (nSPS) is 17.5. The monoisotopic (exact) mass is 381 g/mol. The van der Waals surface area contributed by atoms with Crippen molar-refractivity contribution in [2.24, 2.45) is 0 Å². The Labute approximate surface area is 150 Å². The maximum Gasteiger partial charge on any atom is 0.453 e. The molecule has 12 heteroatoms. The molecular formula is C15H14F3N7O2.